The fourth-order valence-corrected chi connectivity index (χ4v) is 2.42. The van der Waals surface area contributed by atoms with Crippen LogP contribution in [0.2, 0.25) is 0 Å². The largest absolute Gasteiger partial charge is 0.502 e. The molecule has 3 rings (SSSR count). The molecular formula is C11H11N5O5S. The number of aliphatic hydroxyl groups excluding tert-OH is 3. The van der Waals surface area contributed by atoms with E-state index in [2.05, 4.69) is 27.2 Å². The number of hydrogen-bond acceptors (Lipinski definition) is 9. The molecule has 10 nitrogen and oxygen atoms in total. The molecule has 1 fully saturated rings. The number of aliphatic hydroxyl groups is 3. The maximum atomic E-state index is 11.7. The number of aromatic amines is 1. The van der Waals surface area contributed by atoms with Crippen molar-refractivity contribution in [1.82, 2.24) is 19.5 Å². The lowest BCUT2D eigenvalue weighted by Crippen LogP contribution is -2.32. The van der Waals surface area contributed by atoms with Gasteiger partial charge in [-0.1, -0.05) is 0 Å². The summed E-state index contributed by atoms with van der Waals surface area (Å²) in [6.45, 7) is 0. The highest BCUT2D eigenvalue weighted by Gasteiger charge is 2.46. The van der Waals surface area contributed by atoms with Crippen molar-refractivity contribution in [3.63, 3.8) is 0 Å². The zero-order valence-electron chi connectivity index (χ0n) is 10.9. The Morgan fingerprint density at radius 1 is 1.50 bits per heavy atom. The van der Waals surface area contributed by atoms with Crippen LogP contribution in [0.25, 0.3) is 11.2 Å². The second kappa shape index (κ2) is 5.16. The number of imidazole rings is 1. The third kappa shape index (κ3) is 2.08. The van der Waals surface area contributed by atoms with Crippen molar-refractivity contribution in [2.75, 3.05) is 5.73 Å². The van der Waals surface area contributed by atoms with E-state index >= 15 is 0 Å². The fourth-order valence-electron chi connectivity index (χ4n) is 2.30. The van der Waals surface area contributed by atoms with Gasteiger partial charge in [-0.3, -0.25) is 14.3 Å². The van der Waals surface area contributed by atoms with Crippen LogP contribution in [0.4, 0.5) is 5.95 Å². The van der Waals surface area contributed by atoms with Gasteiger partial charge < -0.3 is 25.8 Å². The number of fused-ring (bicyclic) bond motifs is 1. The highest BCUT2D eigenvalue weighted by atomic mass is 32.1. The van der Waals surface area contributed by atoms with Gasteiger partial charge in [-0.25, -0.2) is 4.98 Å². The molecule has 2 aromatic heterocycles. The molecule has 0 amide bonds. The summed E-state index contributed by atoms with van der Waals surface area (Å²) >= 11 is 4.45. The second-order valence-corrected chi connectivity index (χ2v) is 4.90. The van der Waals surface area contributed by atoms with E-state index in [9.17, 15) is 20.1 Å². The van der Waals surface area contributed by atoms with Crippen LogP contribution in [0.5, 0.6) is 0 Å². The zero-order chi connectivity index (χ0) is 16.0. The molecule has 0 aromatic carbocycles. The van der Waals surface area contributed by atoms with Gasteiger partial charge in [-0.2, -0.15) is 4.98 Å². The Balaban J connectivity index is 2.09. The molecule has 3 heterocycles. The number of rotatable bonds is 2. The molecule has 0 bridgehead atoms. The molecular weight excluding hydrogens is 314 g/mol. The number of nitrogens with one attached hydrogen (secondary N) is 1. The average Bonchev–Trinajstić information content (AvgIpc) is 3.01. The van der Waals surface area contributed by atoms with Crippen molar-refractivity contribution < 1.29 is 20.1 Å². The average molecular weight is 325 g/mol. The van der Waals surface area contributed by atoms with E-state index in [0.717, 1.165) is 0 Å². The van der Waals surface area contributed by atoms with E-state index in [0.29, 0.717) is 0 Å². The Morgan fingerprint density at radius 2 is 2.23 bits per heavy atom. The molecule has 11 heteroatoms. The van der Waals surface area contributed by atoms with Gasteiger partial charge in [0, 0.05) is 0 Å². The number of nitrogens with two attached hydrogens (primary N) is 1. The Hall–Kier alpha value is -2.30. The van der Waals surface area contributed by atoms with Gasteiger partial charge in [-0.15, -0.1) is 0 Å². The highest BCUT2D eigenvalue weighted by Crippen LogP contribution is 2.32. The van der Waals surface area contributed by atoms with Crippen LogP contribution >= 0.6 is 12.2 Å². The van der Waals surface area contributed by atoms with Gasteiger partial charge in [0.1, 0.15) is 12.2 Å². The van der Waals surface area contributed by atoms with Gasteiger partial charge in [0.2, 0.25) is 5.95 Å². The Morgan fingerprint density at radius 3 is 2.91 bits per heavy atom. The summed E-state index contributed by atoms with van der Waals surface area (Å²) in [6, 6.07) is 0. The van der Waals surface area contributed by atoms with Crippen molar-refractivity contribution >= 4 is 34.4 Å². The summed E-state index contributed by atoms with van der Waals surface area (Å²) in [5.41, 5.74) is 5.00. The normalized spacial score (nSPS) is 27.9. The number of ether oxygens (including phenoxy) is 1. The van der Waals surface area contributed by atoms with Gasteiger partial charge in [0.15, 0.2) is 29.3 Å². The van der Waals surface area contributed by atoms with Crippen LogP contribution in [0.15, 0.2) is 16.9 Å². The van der Waals surface area contributed by atoms with Crippen molar-refractivity contribution in [3.8, 4) is 0 Å². The number of thiocarbonyl (C=S) groups is 1. The van der Waals surface area contributed by atoms with Gasteiger partial charge >= 0.3 is 0 Å². The number of nitrogens with zero attached hydrogens (tertiary/aromatic N) is 3. The summed E-state index contributed by atoms with van der Waals surface area (Å²) in [5, 5.41) is 31.6. The second-order valence-electron chi connectivity index (χ2n) is 4.69. The molecule has 1 aliphatic heterocycles. The number of nitrogen functional groups attached to an aromatic ring is 1. The molecule has 0 aliphatic carbocycles. The molecule has 0 unspecified atom stereocenters. The quantitative estimate of drug-likeness (QED) is 0.322. The van der Waals surface area contributed by atoms with Crippen molar-refractivity contribution in [1.29, 1.82) is 0 Å². The van der Waals surface area contributed by atoms with Crippen molar-refractivity contribution in [2.24, 2.45) is 0 Å². The van der Waals surface area contributed by atoms with Crippen molar-refractivity contribution in [2.45, 2.75) is 24.5 Å². The van der Waals surface area contributed by atoms with Gasteiger partial charge in [0.25, 0.3) is 5.56 Å². The van der Waals surface area contributed by atoms with Gasteiger partial charge in [-0.05, 0) is 17.2 Å². The molecule has 22 heavy (non-hydrogen) atoms. The van der Waals surface area contributed by atoms with Crippen LogP contribution in [0.1, 0.15) is 6.23 Å². The predicted octanol–water partition coefficient (Wildman–Crippen LogP) is -1.64. The summed E-state index contributed by atoms with van der Waals surface area (Å²) < 4.78 is 6.63. The minimum atomic E-state index is -1.43. The first-order valence-corrected chi connectivity index (χ1v) is 6.52. The van der Waals surface area contributed by atoms with E-state index in [1.807, 2.05) is 5.02 Å². The zero-order valence-corrected chi connectivity index (χ0v) is 11.7. The molecule has 1 aliphatic rings. The molecule has 0 radical (unpaired) electrons. The lowest BCUT2D eigenvalue weighted by molar-refractivity contribution is -0.0332. The van der Waals surface area contributed by atoms with E-state index in [1.165, 1.54) is 10.9 Å². The Labute approximate surface area is 127 Å². The first-order valence-electron chi connectivity index (χ1n) is 6.12. The van der Waals surface area contributed by atoms with Crippen LogP contribution in [0, 0.1) is 0 Å². The number of aromatic nitrogens is 4. The molecule has 1 saturated heterocycles. The highest BCUT2D eigenvalue weighted by molar-refractivity contribution is 7.78. The summed E-state index contributed by atoms with van der Waals surface area (Å²) in [5.74, 6) is -0.649. The monoisotopic (exact) mass is 325 g/mol. The van der Waals surface area contributed by atoms with Crippen molar-refractivity contribution in [3.05, 3.63) is 22.4 Å². The first-order chi connectivity index (χ1) is 10.4. The topological polar surface area (TPSA) is 160 Å². The smallest absolute Gasteiger partial charge is 0.280 e. The Kier molecular flexibility index (Phi) is 3.43. The number of anilines is 1. The minimum absolute atomic E-state index is 0.00228. The van der Waals surface area contributed by atoms with Crippen LogP contribution < -0.4 is 11.3 Å². The number of H-pyrrole nitrogens is 1. The van der Waals surface area contributed by atoms with E-state index in [1.54, 1.807) is 0 Å². The predicted molar refractivity (Wildman–Crippen MR) is 77.2 cm³/mol. The van der Waals surface area contributed by atoms with Crippen LogP contribution in [-0.2, 0) is 4.74 Å². The summed E-state index contributed by atoms with van der Waals surface area (Å²) in [6.07, 6.45) is -4.00. The summed E-state index contributed by atoms with van der Waals surface area (Å²) in [7, 11) is 0. The maximum Gasteiger partial charge on any atom is 0.280 e. The number of hydrogen-bond donors (Lipinski definition) is 5. The SMILES string of the molecule is Nc1nc2c(ncn2[C@@H]2O[C@H](C(O)=C=S)[C@@H](O)[C@H]2O)c(=O)[nH]1. The van der Waals surface area contributed by atoms with Gasteiger partial charge in [0.05, 0.1) is 6.33 Å². The van der Waals surface area contributed by atoms with Crippen LogP contribution in [-0.4, -0.2) is 58.2 Å². The molecule has 116 valence electrons. The van der Waals surface area contributed by atoms with E-state index < -0.39 is 35.9 Å². The molecule has 4 atom stereocenters. The molecule has 6 N–H and O–H groups in total. The molecule has 0 saturated carbocycles. The summed E-state index contributed by atoms with van der Waals surface area (Å²) in [4.78, 5) is 21.8. The molecule has 0 spiro atoms. The third-order valence-electron chi connectivity index (χ3n) is 3.34. The third-order valence-corrected chi connectivity index (χ3v) is 3.55. The fraction of sp³-hybridized carbons (Fsp3) is 0.364. The lowest BCUT2D eigenvalue weighted by Gasteiger charge is -2.16. The van der Waals surface area contributed by atoms with E-state index in [4.69, 9.17) is 10.5 Å². The standard InChI is InChI=1S/C11H11N5O5S/c12-11-14-8-4(9(20)15-11)13-2-16(8)10-6(19)5(18)7(21-10)3(17)1-22/h2,5-7,10,17-19H,(H3,12,14,15,20)/t5-,6+,7+,10+/m0/s1. The first kappa shape index (κ1) is 14.6. The minimum Gasteiger partial charge on any atom is -0.502 e. The lowest BCUT2D eigenvalue weighted by atomic mass is 10.1. The maximum absolute atomic E-state index is 11.7. The Bertz CT molecular complexity index is 841. The van der Waals surface area contributed by atoms with Crippen LogP contribution in [0.3, 0.4) is 0 Å². The van der Waals surface area contributed by atoms with E-state index in [-0.39, 0.29) is 17.1 Å². The molecule has 2 aromatic rings.